The highest BCUT2D eigenvalue weighted by molar-refractivity contribution is 7.18. The topological polar surface area (TPSA) is 64.2 Å². The molecule has 0 bridgehead atoms. The maximum Gasteiger partial charge on any atom is 0.171 e. The van der Waals surface area contributed by atoms with E-state index in [0.717, 1.165) is 10.8 Å². The van der Waals surface area contributed by atoms with E-state index in [4.69, 9.17) is 5.73 Å². The number of nitrogen functional groups attached to an aromatic ring is 1. The van der Waals surface area contributed by atoms with Crippen molar-refractivity contribution in [3.05, 3.63) is 28.7 Å². The molecule has 21 heavy (non-hydrogen) atoms. The summed E-state index contributed by atoms with van der Waals surface area (Å²) in [5.74, 6) is 1.57. The van der Waals surface area contributed by atoms with Crippen molar-refractivity contribution in [2.24, 2.45) is 7.05 Å². The Hall–Kier alpha value is -1.82. The first kappa shape index (κ1) is 14.1. The number of ketones is 1. The number of thiophene rings is 1. The van der Waals surface area contributed by atoms with Gasteiger partial charge in [0.25, 0.3) is 0 Å². The molecule has 0 aromatic carbocycles. The molecule has 2 N–H and O–H groups in total. The minimum atomic E-state index is 0.0519. The van der Waals surface area contributed by atoms with E-state index in [-0.39, 0.29) is 5.78 Å². The average Bonchev–Trinajstić information content (AvgIpc) is 3.09. The molecular weight excluding hydrogens is 284 g/mol. The molecule has 0 amide bonds. The van der Waals surface area contributed by atoms with E-state index in [1.54, 1.807) is 13.1 Å². The number of Topliss-reactive ketones (excluding diaryl/α,β-unsaturated/α-hetero) is 1. The molecule has 0 unspecified atom stereocenters. The highest BCUT2D eigenvalue weighted by Gasteiger charge is 2.33. The Morgan fingerprint density at radius 2 is 2.29 bits per heavy atom. The lowest BCUT2D eigenvalue weighted by Gasteiger charge is -2.19. The van der Waals surface area contributed by atoms with Crippen molar-refractivity contribution in [3.8, 4) is 0 Å². The molecule has 1 fully saturated rings. The molecule has 5 nitrogen and oxygen atoms in total. The number of nitrogens with two attached hydrogens (primary N) is 1. The lowest BCUT2D eigenvalue weighted by Crippen LogP contribution is -2.19. The molecule has 112 valence electrons. The Morgan fingerprint density at radius 3 is 2.81 bits per heavy atom. The van der Waals surface area contributed by atoms with Crippen LogP contribution in [0.1, 0.15) is 46.7 Å². The van der Waals surface area contributed by atoms with Crippen LogP contribution >= 0.6 is 11.3 Å². The summed E-state index contributed by atoms with van der Waals surface area (Å²) in [6.45, 7) is 2.29. The normalized spacial score (nSPS) is 14.4. The van der Waals surface area contributed by atoms with Gasteiger partial charge in [0.15, 0.2) is 5.78 Å². The monoisotopic (exact) mass is 304 g/mol. The maximum atomic E-state index is 11.8. The molecule has 0 radical (unpaired) electrons. The van der Waals surface area contributed by atoms with Gasteiger partial charge in [-0.3, -0.25) is 4.79 Å². The number of carbonyl (C=O) groups excluding carboxylic acids is 1. The number of imidazole rings is 1. The van der Waals surface area contributed by atoms with Gasteiger partial charge in [-0.2, -0.15) is 0 Å². The second-order valence-electron chi connectivity index (χ2n) is 5.70. The van der Waals surface area contributed by atoms with Gasteiger partial charge in [0.05, 0.1) is 22.1 Å². The third-order valence-corrected chi connectivity index (χ3v) is 5.35. The SMILES string of the molecule is CC(=O)c1sc(N(C)Cc2nccn2C)c(C2CC2)c1N. The number of hydrogen-bond acceptors (Lipinski definition) is 5. The van der Waals surface area contributed by atoms with Crippen LogP contribution in [0, 0.1) is 0 Å². The molecule has 0 atom stereocenters. The van der Waals surface area contributed by atoms with E-state index in [1.807, 2.05) is 24.9 Å². The number of rotatable bonds is 5. The van der Waals surface area contributed by atoms with E-state index in [2.05, 4.69) is 9.88 Å². The Bertz CT molecular complexity index is 684. The summed E-state index contributed by atoms with van der Waals surface area (Å²) in [6, 6.07) is 0. The summed E-state index contributed by atoms with van der Waals surface area (Å²) in [5, 5.41) is 1.11. The first-order chi connectivity index (χ1) is 9.99. The van der Waals surface area contributed by atoms with E-state index >= 15 is 0 Å². The molecule has 0 saturated heterocycles. The molecular formula is C15H20N4OS. The highest BCUT2D eigenvalue weighted by Crippen LogP contribution is 2.52. The van der Waals surface area contributed by atoms with Gasteiger partial charge in [-0.25, -0.2) is 4.98 Å². The van der Waals surface area contributed by atoms with Crippen LogP contribution in [0.4, 0.5) is 10.7 Å². The van der Waals surface area contributed by atoms with Gasteiger partial charge in [-0.1, -0.05) is 0 Å². The number of hydrogen-bond donors (Lipinski definition) is 1. The van der Waals surface area contributed by atoms with Crippen molar-refractivity contribution < 1.29 is 4.79 Å². The van der Waals surface area contributed by atoms with Gasteiger partial charge < -0.3 is 15.2 Å². The fourth-order valence-electron chi connectivity index (χ4n) is 2.59. The van der Waals surface area contributed by atoms with E-state index in [1.165, 1.54) is 29.7 Å². The summed E-state index contributed by atoms with van der Waals surface area (Å²) in [4.78, 5) is 19.0. The highest BCUT2D eigenvalue weighted by atomic mass is 32.1. The van der Waals surface area contributed by atoms with Crippen LogP contribution in [-0.2, 0) is 13.6 Å². The second-order valence-corrected chi connectivity index (χ2v) is 6.70. The molecule has 6 heteroatoms. The van der Waals surface area contributed by atoms with Crippen molar-refractivity contribution in [2.45, 2.75) is 32.2 Å². The number of aryl methyl sites for hydroxylation is 1. The van der Waals surface area contributed by atoms with Gasteiger partial charge >= 0.3 is 0 Å². The Labute approximate surface area is 128 Å². The smallest absolute Gasteiger partial charge is 0.171 e. The molecule has 2 aromatic rings. The van der Waals surface area contributed by atoms with Crippen molar-refractivity contribution in [3.63, 3.8) is 0 Å². The fourth-order valence-corrected chi connectivity index (χ4v) is 3.75. The van der Waals surface area contributed by atoms with Crippen molar-refractivity contribution in [1.29, 1.82) is 0 Å². The Kier molecular flexibility index (Phi) is 3.49. The van der Waals surface area contributed by atoms with Crippen LogP contribution < -0.4 is 10.6 Å². The number of carbonyl (C=O) groups is 1. The lowest BCUT2D eigenvalue weighted by molar-refractivity contribution is 0.102. The molecule has 1 aliphatic carbocycles. The minimum Gasteiger partial charge on any atom is -0.397 e. The first-order valence-electron chi connectivity index (χ1n) is 7.09. The molecule has 3 rings (SSSR count). The zero-order chi connectivity index (χ0) is 15.1. The van der Waals surface area contributed by atoms with E-state index < -0.39 is 0 Å². The third kappa shape index (κ3) is 2.55. The molecule has 2 aromatic heterocycles. The van der Waals surface area contributed by atoms with E-state index in [0.29, 0.717) is 23.0 Å². The predicted octanol–water partition coefficient (Wildman–Crippen LogP) is 2.78. The standard InChI is InChI=1S/C15H20N4OS/c1-9(20)14-13(16)12(10-4-5-10)15(21-14)19(3)8-11-17-6-7-18(11)2/h6-7,10H,4-5,8,16H2,1-3H3. The van der Waals surface area contributed by atoms with Crippen LogP contribution in [0.25, 0.3) is 0 Å². The van der Waals surface area contributed by atoms with Crippen molar-refractivity contribution in [2.75, 3.05) is 17.7 Å². The Balaban J connectivity index is 1.95. The summed E-state index contributed by atoms with van der Waals surface area (Å²) < 4.78 is 2.01. The average molecular weight is 304 g/mol. The van der Waals surface area contributed by atoms with Crippen LogP contribution in [0.2, 0.25) is 0 Å². The van der Waals surface area contributed by atoms with Crippen LogP contribution in [0.3, 0.4) is 0 Å². The van der Waals surface area contributed by atoms with Crippen LogP contribution in [0.5, 0.6) is 0 Å². The first-order valence-corrected chi connectivity index (χ1v) is 7.91. The minimum absolute atomic E-state index is 0.0519. The molecule has 0 spiro atoms. The summed E-state index contributed by atoms with van der Waals surface area (Å²) in [6.07, 6.45) is 6.08. The molecule has 1 saturated carbocycles. The third-order valence-electron chi connectivity index (χ3n) is 3.92. The molecule has 2 heterocycles. The zero-order valence-corrected chi connectivity index (χ0v) is 13.4. The maximum absolute atomic E-state index is 11.8. The Morgan fingerprint density at radius 1 is 1.57 bits per heavy atom. The van der Waals surface area contributed by atoms with Crippen LogP contribution in [-0.4, -0.2) is 22.4 Å². The van der Waals surface area contributed by atoms with Gasteiger partial charge in [-0.05, 0) is 18.8 Å². The largest absolute Gasteiger partial charge is 0.397 e. The van der Waals surface area contributed by atoms with Gasteiger partial charge in [-0.15, -0.1) is 11.3 Å². The van der Waals surface area contributed by atoms with Crippen molar-refractivity contribution >= 4 is 27.8 Å². The predicted molar refractivity (Wildman–Crippen MR) is 86.0 cm³/mol. The number of aromatic nitrogens is 2. The van der Waals surface area contributed by atoms with Crippen LogP contribution in [0.15, 0.2) is 12.4 Å². The summed E-state index contributed by atoms with van der Waals surface area (Å²) in [7, 11) is 4.03. The second kappa shape index (κ2) is 5.18. The fraction of sp³-hybridized carbons (Fsp3) is 0.467. The van der Waals surface area contributed by atoms with Crippen molar-refractivity contribution in [1.82, 2.24) is 9.55 Å². The van der Waals surface area contributed by atoms with E-state index in [9.17, 15) is 4.79 Å². The summed E-state index contributed by atoms with van der Waals surface area (Å²) in [5.41, 5.74) is 8.09. The van der Waals surface area contributed by atoms with Gasteiger partial charge in [0.1, 0.15) is 5.82 Å². The number of anilines is 2. The van der Waals surface area contributed by atoms with Gasteiger partial charge in [0, 0.05) is 39.0 Å². The van der Waals surface area contributed by atoms with Gasteiger partial charge in [0.2, 0.25) is 0 Å². The quantitative estimate of drug-likeness (QED) is 0.863. The zero-order valence-electron chi connectivity index (χ0n) is 12.6. The molecule has 0 aliphatic heterocycles. The lowest BCUT2D eigenvalue weighted by atomic mass is 10.1. The summed E-state index contributed by atoms with van der Waals surface area (Å²) >= 11 is 1.51. The number of nitrogens with zero attached hydrogens (tertiary/aromatic N) is 3. The molecule has 1 aliphatic rings.